The number of aliphatic hydroxyl groups excluding tert-OH is 1. The summed E-state index contributed by atoms with van der Waals surface area (Å²) in [5.74, 6) is 0.143. The molecule has 4 heterocycles. The molecule has 3 saturated heterocycles. The number of β-amino-alcohol motifs (C(OH)–C–C–N with tert-alkyl or cyclic N) is 1. The van der Waals surface area contributed by atoms with E-state index in [-0.39, 0.29) is 23.5 Å². The standard InChI is InChI=1S/C19H29N3O3S/c1-13-17(26-14(2)20-13)18(24)22-7-4-19(5-8-22)9-16(25-12-19)11-21-6-3-15(23)10-21/h15-16,23H,3-12H2,1-2H3/t15-,16+/m0/s1. The Bertz CT molecular complexity index is 669. The van der Waals surface area contributed by atoms with Crippen LogP contribution >= 0.6 is 11.3 Å². The van der Waals surface area contributed by atoms with Crippen LogP contribution in [0, 0.1) is 19.3 Å². The van der Waals surface area contributed by atoms with Crippen molar-refractivity contribution in [1.82, 2.24) is 14.8 Å². The van der Waals surface area contributed by atoms with Gasteiger partial charge in [0.15, 0.2) is 0 Å². The molecule has 7 heteroatoms. The van der Waals surface area contributed by atoms with Gasteiger partial charge >= 0.3 is 0 Å². The molecule has 0 saturated carbocycles. The lowest BCUT2D eigenvalue weighted by Gasteiger charge is -2.38. The van der Waals surface area contributed by atoms with Crippen molar-refractivity contribution >= 4 is 17.2 Å². The molecule has 0 radical (unpaired) electrons. The summed E-state index contributed by atoms with van der Waals surface area (Å²) in [5.41, 5.74) is 1.09. The predicted octanol–water partition coefficient (Wildman–Crippen LogP) is 1.84. The smallest absolute Gasteiger partial charge is 0.265 e. The van der Waals surface area contributed by atoms with Crippen molar-refractivity contribution in [2.75, 3.05) is 39.3 Å². The minimum atomic E-state index is -0.168. The van der Waals surface area contributed by atoms with Gasteiger partial charge < -0.3 is 14.7 Å². The third kappa shape index (κ3) is 3.67. The normalized spacial score (nSPS) is 29.0. The molecule has 1 N–H and O–H groups in total. The average Bonchev–Trinajstić information content (AvgIpc) is 3.28. The number of aryl methyl sites for hydroxylation is 2. The molecule has 1 aromatic heterocycles. The lowest BCUT2D eigenvalue weighted by atomic mass is 9.76. The molecule has 4 rings (SSSR count). The highest BCUT2D eigenvalue weighted by Gasteiger charge is 2.44. The maximum absolute atomic E-state index is 12.8. The van der Waals surface area contributed by atoms with Crippen LogP contribution in [-0.4, -0.2) is 77.3 Å². The molecule has 6 nitrogen and oxygen atoms in total. The van der Waals surface area contributed by atoms with Crippen molar-refractivity contribution in [2.24, 2.45) is 5.41 Å². The zero-order valence-corrected chi connectivity index (χ0v) is 16.6. The Hall–Kier alpha value is -1.02. The van der Waals surface area contributed by atoms with Gasteiger partial charge in [0.1, 0.15) is 4.88 Å². The van der Waals surface area contributed by atoms with Crippen LogP contribution < -0.4 is 0 Å². The van der Waals surface area contributed by atoms with E-state index < -0.39 is 0 Å². The van der Waals surface area contributed by atoms with E-state index in [0.717, 1.165) is 80.6 Å². The first-order valence-electron chi connectivity index (χ1n) is 9.69. The molecule has 0 unspecified atom stereocenters. The van der Waals surface area contributed by atoms with E-state index >= 15 is 0 Å². The number of hydrogen-bond donors (Lipinski definition) is 1. The Morgan fingerprint density at radius 1 is 1.35 bits per heavy atom. The van der Waals surface area contributed by atoms with Crippen molar-refractivity contribution in [3.05, 3.63) is 15.6 Å². The number of ether oxygens (including phenoxy) is 1. The molecule has 3 aliphatic heterocycles. The maximum Gasteiger partial charge on any atom is 0.265 e. The van der Waals surface area contributed by atoms with E-state index in [2.05, 4.69) is 9.88 Å². The Morgan fingerprint density at radius 2 is 2.12 bits per heavy atom. The zero-order chi connectivity index (χ0) is 18.3. The summed E-state index contributed by atoms with van der Waals surface area (Å²) < 4.78 is 6.11. The first-order chi connectivity index (χ1) is 12.4. The van der Waals surface area contributed by atoms with Gasteiger partial charge in [-0.15, -0.1) is 11.3 Å². The number of rotatable bonds is 3. The maximum atomic E-state index is 12.8. The van der Waals surface area contributed by atoms with Crippen molar-refractivity contribution < 1.29 is 14.6 Å². The highest BCUT2D eigenvalue weighted by atomic mass is 32.1. The molecule has 0 bridgehead atoms. The van der Waals surface area contributed by atoms with Crippen molar-refractivity contribution in [3.8, 4) is 0 Å². The molecule has 26 heavy (non-hydrogen) atoms. The first kappa shape index (κ1) is 18.3. The summed E-state index contributed by atoms with van der Waals surface area (Å²) in [6, 6.07) is 0. The number of aromatic nitrogens is 1. The SMILES string of the molecule is Cc1nc(C)c(C(=O)N2CCC3(CC2)CO[C@@H](CN2CC[C@H](O)C2)C3)s1. The second-order valence-electron chi connectivity index (χ2n) is 8.28. The number of piperidine rings is 1. The molecule has 1 amide bonds. The van der Waals surface area contributed by atoms with E-state index in [1.807, 2.05) is 18.7 Å². The Kier molecular flexibility index (Phi) is 5.07. The van der Waals surface area contributed by atoms with Gasteiger partial charge in [0, 0.05) is 32.7 Å². The van der Waals surface area contributed by atoms with Crippen molar-refractivity contribution in [1.29, 1.82) is 0 Å². The third-order valence-corrected chi connectivity index (χ3v) is 7.27. The Labute approximate surface area is 159 Å². The van der Waals surface area contributed by atoms with Gasteiger partial charge in [-0.3, -0.25) is 9.69 Å². The summed E-state index contributed by atoms with van der Waals surface area (Å²) >= 11 is 1.51. The molecular formula is C19H29N3O3S. The van der Waals surface area contributed by atoms with E-state index in [9.17, 15) is 9.90 Å². The molecule has 144 valence electrons. The number of carbonyl (C=O) groups excluding carboxylic acids is 1. The summed E-state index contributed by atoms with van der Waals surface area (Å²) in [6.45, 7) is 9.01. The lowest BCUT2D eigenvalue weighted by molar-refractivity contribution is 0.0453. The van der Waals surface area contributed by atoms with Crippen LogP contribution in [0.15, 0.2) is 0 Å². The van der Waals surface area contributed by atoms with Gasteiger partial charge in [-0.05, 0) is 44.9 Å². The van der Waals surface area contributed by atoms with E-state index in [1.54, 1.807) is 0 Å². The van der Waals surface area contributed by atoms with Gasteiger partial charge in [0.2, 0.25) is 0 Å². The molecule has 1 aromatic rings. The molecular weight excluding hydrogens is 350 g/mol. The van der Waals surface area contributed by atoms with Crippen LogP contribution in [0.2, 0.25) is 0 Å². The number of carbonyl (C=O) groups is 1. The largest absolute Gasteiger partial charge is 0.392 e. The number of thiazole rings is 1. The van der Waals surface area contributed by atoms with E-state index in [4.69, 9.17) is 4.74 Å². The fourth-order valence-corrected chi connectivity index (χ4v) is 5.57. The van der Waals surface area contributed by atoms with Crippen molar-refractivity contribution in [3.63, 3.8) is 0 Å². The van der Waals surface area contributed by atoms with Gasteiger partial charge in [-0.1, -0.05) is 0 Å². The minimum Gasteiger partial charge on any atom is -0.392 e. The lowest BCUT2D eigenvalue weighted by Crippen LogP contribution is -2.43. The van der Waals surface area contributed by atoms with Crippen LogP contribution in [-0.2, 0) is 4.74 Å². The fraction of sp³-hybridized carbons (Fsp3) is 0.789. The molecule has 3 fully saturated rings. The quantitative estimate of drug-likeness (QED) is 0.868. The van der Waals surface area contributed by atoms with E-state index in [1.165, 1.54) is 11.3 Å². The first-order valence-corrected chi connectivity index (χ1v) is 10.5. The highest BCUT2D eigenvalue weighted by Crippen LogP contribution is 2.42. The summed E-state index contributed by atoms with van der Waals surface area (Å²) in [4.78, 5) is 22.3. The number of nitrogens with zero attached hydrogens (tertiary/aromatic N) is 3. The molecule has 3 aliphatic rings. The molecule has 2 atom stereocenters. The summed E-state index contributed by atoms with van der Waals surface area (Å²) in [6.07, 6.45) is 4.11. The second-order valence-corrected chi connectivity index (χ2v) is 9.48. The summed E-state index contributed by atoms with van der Waals surface area (Å²) in [5, 5.41) is 10.6. The van der Waals surface area contributed by atoms with Crippen LogP contribution in [0.3, 0.4) is 0 Å². The van der Waals surface area contributed by atoms with Gasteiger partial charge in [-0.25, -0.2) is 4.98 Å². The second kappa shape index (κ2) is 7.19. The highest BCUT2D eigenvalue weighted by molar-refractivity contribution is 7.13. The third-order valence-electron chi connectivity index (χ3n) is 6.20. The summed E-state index contributed by atoms with van der Waals surface area (Å²) in [7, 11) is 0. The van der Waals surface area contributed by atoms with Crippen molar-refractivity contribution in [2.45, 2.75) is 51.7 Å². The van der Waals surface area contributed by atoms with Crippen LogP contribution in [0.4, 0.5) is 0 Å². The Morgan fingerprint density at radius 3 is 2.73 bits per heavy atom. The van der Waals surface area contributed by atoms with Crippen LogP contribution in [0.5, 0.6) is 0 Å². The minimum absolute atomic E-state index is 0.143. The number of aliphatic hydroxyl groups is 1. The molecule has 1 spiro atoms. The van der Waals surface area contributed by atoms with Crippen LogP contribution in [0.25, 0.3) is 0 Å². The average molecular weight is 380 g/mol. The number of amides is 1. The van der Waals surface area contributed by atoms with Gasteiger partial charge in [-0.2, -0.15) is 0 Å². The zero-order valence-electron chi connectivity index (χ0n) is 15.7. The topological polar surface area (TPSA) is 65.9 Å². The van der Waals surface area contributed by atoms with E-state index in [0.29, 0.717) is 0 Å². The van der Waals surface area contributed by atoms with Crippen LogP contribution in [0.1, 0.15) is 46.1 Å². The number of hydrogen-bond acceptors (Lipinski definition) is 6. The molecule has 0 aromatic carbocycles. The van der Waals surface area contributed by atoms with Gasteiger partial charge in [0.25, 0.3) is 5.91 Å². The predicted molar refractivity (Wildman–Crippen MR) is 101 cm³/mol. The monoisotopic (exact) mass is 379 g/mol. The Balaban J connectivity index is 1.31. The molecule has 0 aliphatic carbocycles. The fourth-order valence-electron chi connectivity index (χ4n) is 4.68. The number of likely N-dealkylation sites (tertiary alicyclic amines) is 2. The van der Waals surface area contributed by atoms with Gasteiger partial charge in [0.05, 0.1) is 29.5 Å².